The van der Waals surface area contributed by atoms with Crippen molar-refractivity contribution in [1.82, 2.24) is 4.72 Å². The van der Waals surface area contributed by atoms with Crippen LogP contribution < -0.4 is 4.72 Å². The number of nitrogens with one attached hydrogen (secondary N) is 1. The van der Waals surface area contributed by atoms with Crippen molar-refractivity contribution in [1.29, 1.82) is 0 Å². The number of nitro groups is 1. The summed E-state index contributed by atoms with van der Waals surface area (Å²) in [7, 11) is -7.09. The van der Waals surface area contributed by atoms with Gasteiger partial charge in [-0.3, -0.25) is 10.1 Å². The summed E-state index contributed by atoms with van der Waals surface area (Å²) < 4.78 is 140. The lowest BCUT2D eigenvalue weighted by Gasteiger charge is -2.34. The zero-order valence-corrected chi connectivity index (χ0v) is 15.3. The molecule has 8 nitrogen and oxygen atoms in total. The zero-order chi connectivity index (χ0) is 24.6. The number of rotatable bonds is 9. The number of alkyl halides is 9. The van der Waals surface area contributed by atoms with E-state index in [1.54, 1.807) is 0 Å². The molecule has 0 aliphatic rings. The van der Waals surface area contributed by atoms with E-state index in [9.17, 15) is 63.2 Å². The average Bonchev–Trinajstić information content (AvgIpc) is 2.64. The predicted octanol–water partition coefficient (Wildman–Crippen LogP) is 2.33. The number of hydrogen-bond acceptors (Lipinski definition) is 6. The summed E-state index contributed by atoms with van der Waals surface area (Å²) in [6.07, 6.45) is -9.63. The Labute approximate surface area is 166 Å². The van der Waals surface area contributed by atoms with Crippen LogP contribution in [0.1, 0.15) is 11.7 Å². The highest BCUT2D eigenvalue weighted by molar-refractivity contribution is 7.90. The van der Waals surface area contributed by atoms with Crippen molar-refractivity contribution < 1.29 is 63.1 Å². The summed E-state index contributed by atoms with van der Waals surface area (Å²) in [5, 5.41) is 22.4. The van der Waals surface area contributed by atoms with Gasteiger partial charge in [-0.25, -0.2) is 13.1 Å². The van der Waals surface area contributed by atoms with E-state index in [1.807, 2.05) is 0 Å². The van der Waals surface area contributed by atoms with Crippen LogP contribution in [-0.4, -0.2) is 59.5 Å². The summed E-state index contributed by atoms with van der Waals surface area (Å²) in [5.74, 6) is -15.0. The first-order valence-electron chi connectivity index (χ1n) is 7.50. The quantitative estimate of drug-likeness (QED) is 0.275. The van der Waals surface area contributed by atoms with E-state index in [-0.39, 0.29) is 0 Å². The van der Waals surface area contributed by atoms with Crippen molar-refractivity contribution >= 4 is 15.7 Å². The lowest BCUT2D eigenvalue weighted by Crippen LogP contribution is -2.65. The van der Waals surface area contributed by atoms with Crippen molar-refractivity contribution in [3.63, 3.8) is 0 Å². The Kier molecular flexibility index (Phi) is 7.27. The van der Waals surface area contributed by atoms with Gasteiger partial charge in [-0.15, -0.1) is 0 Å². The van der Waals surface area contributed by atoms with Crippen molar-refractivity contribution in [3.8, 4) is 0 Å². The second-order valence-electron chi connectivity index (χ2n) is 5.87. The van der Waals surface area contributed by atoms with Crippen LogP contribution >= 0.6 is 0 Å². The van der Waals surface area contributed by atoms with Crippen LogP contribution in [0, 0.1) is 10.1 Å². The molecule has 0 spiro atoms. The van der Waals surface area contributed by atoms with Gasteiger partial charge >= 0.3 is 23.3 Å². The maximum atomic E-state index is 13.7. The van der Waals surface area contributed by atoms with Crippen LogP contribution in [0.2, 0.25) is 0 Å². The van der Waals surface area contributed by atoms with Gasteiger partial charge in [0.05, 0.1) is 23.7 Å². The Morgan fingerprint density at radius 2 is 1.42 bits per heavy atom. The summed E-state index contributed by atoms with van der Waals surface area (Å²) in [6, 6.07) is 0.393. The number of aliphatic hydroxyl groups excluding tert-OH is 2. The van der Waals surface area contributed by atoms with Gasteiger partial charge in [0, 0.05) is 12.1 Å². The lowest BCUT2D eigenvalue weighted by atomic mass is 10.0. The molecule has 0 amide bonds. The summed E-state index contributed by atoms with van der Waals surface area (Å²) in [5.41, 5.74) is -1.05. The van der Waals surface area contributed by atoms with Crippen LogP contribution in [0.4, 0.5) is 45.2 Å². The molecule has 3 N–H and O–H groups in total. The number of halogens is 9. The highest BCUT2D eigenvalue weighted by atomic mass is 32.2. The molecule has 1 aromatic carbocycles. The molecule has 0 heterocycles. The molecule has 0 radical (unpaired) electrons. The van der Waals surface area contributed by atoms with E-state index in [2.05, 4.69) is 0 Å². The van der Waals surface area contributed by atoms with Crippen LogP contribution in [0.5, 0.6) is 0 Å². The van der Waals surface area contributed by atoms with E-state index >= 15 is 0 Å². The van der Waals surface area contributed by atoms with Crippen molar-refractivity contribution in [2.45, 2.75) is 35.4 Å². The van der Waals surface area contributed by atoms with Crippen LogP contribution in [0.25, 0.3) is 0 Å². The molecule has 2 atom stereocenters. The van der Waals surface area contributed by atoms with Gasteiger partial charge in [-0.2, -0.15) is 39.5 Å². The van der Waals surface area contributed by atoms with Crippen molar-refractivity contribution in [2.24, 2.45) is 0 Å². The average molecular weight is 494 g/mol. The van der Waals surface area contributed by atoms with E-state index in [0.29, 0.717) is 4.72 Å². The summed E-state index contributed by atoms with van der Waals surface area (Å²) in [6.45, 7) is -1.63. The van der Waals surface area contributed by atoms with E-state index in [4.69, 9.17) is 5.11 Å². The minimum Gasteiger partial charge on any atom is -0.395 e. The molecule has 0 aliphatic carbocycles. The van der Waals surface area contributed by atoms with E-state index in [0.717, 1.165) is 24.3 Å². The fourth-order valence-corrected chi connectivity index (χ4v) is 3.25. The Morgan fingerprint density at radius 3 is 1.77 bits per heavy atom. The maximum absolute atomic E-state index is 13.7. The number of nitrogens with zero attached hydrogens (tertiary/aromatic N) is 1. The van der Waals surface area contributed by atoms with Crippen LogP contribution in [0.15, 0.2) is 24.3 Å². The smallest absolute Gasteiger partial charge is 0.395 e. The molecule has 0 saturated heterocycles. The molecule has 0 bridgehead atoms. The first-order chi connectivity index (χ1) is 13.7. The Morgan fingerprint density at radius 1 is 0.968 bits per heavy atom. The molecule has 0 fully saturated rings. The third-order valence-electron chi connectivity index (χ3n) is 3.78. The third-order valence-corrected chi connectivity index (χ3v) is 5.33. The number of aliphatic hydroxyl groups is 2. The SMILES string of the molecule is O=[N+]([O-])c1ccc([C@@H](O)[C@@H](CO)NS(=O)(=O)C(F)(F)C(F)(F)C(F)(F)C(F)(F)F)cc1. The first kappa shape index (κ1) is 26.9. The molecule has 0 unspecified atom stereocenters. The highest BCUT2D eigenvalue weighted by Gasteiger charge is 2.85. The third kappa shape index (κ3) is 4.70. The van der Waals surface area contributed by atoms with E-state index in [1.165, 1.54) is 0 Å². The van der Waals surface area contributed by atoms with Gasteiger partial charge in [0.15, 0.2) is 0 Å². The fourth-order valence-electron chi connectivity index (χ4n) is 2.03. The largest absolute Gasteiger partial charge is 0.460 e. The van der Waals surface area contributed by atoms with Crippen LogP contribution in [-0.2, 0) is 10.0 Å². The fraction of sp³-hybridized carbons (Fsp3) is 0.538. The number of hydrogen-bond donors (Lipinski definition) is 3. The van der Waals surface area contributed by atoms with Crippen molar-refractivity contribution in [3.05, 3.63) is 39.9 Å². The molecule has 178 valence electrons. The number of nitro benzene ring substituents is 1. The number of benzene rings is 1. The molecule has 1 rings (SSSR count). The van der Waals surface area contributed by atoms with Gasteiger partial charge < -0.3 is 10.2 Å². The summed E-state index contributed by atoms with van der Waals surface area (Å²) >= 11 is 0. The Bertz CT molecular complexity index is 905. The normalized spacial score (nSPS) is 16.1. The zero-order valence-electron chi connectivity index (χ0n) is 14.5. The highest BCUT2D eigenvalue weighted by Crippen LogP contribution is 2.54. The molecule has 0 saturated carbocycles. The topological polar surface area (TPSA) is 130 Å². The number of sulfonamides is 1. The second-order valence-corrected chi connectivity index (χ2v) is 7.62. The second kappa shape index (κ2) is 8.40. The van der Waals surface area contributed by atoms with Gasteiger partial charge in [0.1, 0.15) is 0 Å². The predicted molar refractivity (Wildman–Crippen MR) is 81.9 cm³/mol. The minimum absolute atomic E-state index is 0.497. The van der Waals surface area contributed by atoms with Crippen LogP contribution in [0.3, 0.4) is 0 Å². The maximum Gasteiger partial charge on any atom is 0.460 e. The van der Waals surface area contributed by atoms with Gasteiger partial charge in [0.2, 0.25) is 0 Å². The molecular weight excluding hydrogens is 483 g/mol. The molecule has 0 aliphatic heterocycles. The number of non-ortho nitro benzene ring substituents is 1. The van der Waals surface area contributed by atoms with Gasteiger partial charge in [-0.05, 0) is 17.7 Å². The van der Waals surface area contributed by atoms with E-state index < -0.39 is 68.2 Å². The monoisotopic (exact) mass is 494 g/mol. The Hall–Kier alpha value is -2.18. The van der Waals surface area contributed by atoms with Gasteiger partial charge in [0.25, 0.3) is 15.7 Å². The molecular formula is C13H11F9N2O6S. The summed E-state index contributed by atoms with van der Waals surface area (Å²) in [4.78, 5) is 9.62. The molecule has 1 aromatic rings. The van der Waals surface area contributed by atoms with Gasteiger partial charge in [-0.1, -0.05) is 0 Å². The minimum atomic E-state index is -7.50. The standard InChI is InChI=1S/C13H11F9N2O6S/c14-10(15,12(18,19)20)11(16,17)13(21,22)31(29,30)23-8(5-25)9(26)6-1-3-7(4-2-6)24(27)28/h1-4,8-9,23,25-26H,5H2/t8-,9-/m1/s1. The molecule has 18 heteroatoms. The van der Waals surface area contributed by atoms with Crippen molar-refractivity contribution in [2.75, 3.05) is 6.61 Å². The first-order valence-corrected chi connectivity index (χ1v) is 8.98. The lowest BCUT2D eigenvalue weighted by molar-refractivity contribution is -0.384. The molecule has 0 aromatic heterocycles. The molecule has 31 heavy (non-hydrogen) atoms. The Balaban J connectivity index is 3.28.